The smallest absolute Gasteiger partial charge is 0.227 e. The minimum Gasteiger partial charge on any atom is -0.485 e. The molecule has 236 valence electrons. The van der Waals surface area contributed by atoms with Crippen molar-refractivity contribution < 1.29 is 9.47 Å². The van der Waals surface area contributed by atoms with Crippen LogP contribution >= 0.6 is 0 Å². The van der Waals surface area contributed by atoms with Crippen LogP contribution in [-0.4, -0.2) is 47.1 Å². The van der Waals surface area contributed by atoms with Crippen molar-refractivity contribution in [3.8, 4) is 11.5 Å². The first-order valence-electron chi connectivity index (χ1n) is 16.7. The van der Waals surface area contributed by atoms with Crippen molar-refractivity contribution in [2.75, 3.05) is 36.4 Å². The van der Waals surface area contributed by atoms with Gasteiger partial charge < -0.3 is 19.7 Å². The molecule has 1 aromatic heterocycles. The summed E-state index contributed by atoms with van der Waals surface area (Å²) < 4.78 is 12.9. The molecule has 5 aromatic rings. The van der Waals surface area contributed by atoms with Crippen molar-refractivity contribution in [3.05, 3.63) is 120 Å². The predicted octanol–water partition coefficient (Wildman–Crippen LogP) is 7.85. The Labute approximate surface area is 272 Å². The van der Waals surface area contributed by atoms with Crippen molar-refractivity contribution in [2.45, 2.75) is 57.9 Å². The van der Waals surface area contributed by atoms with Gasteiger partial charge in [0, 0.05) is 50.2 Å². The zero-order valence-corrected chi connectivity index (χ0v) is 26.5. The maximum absolute atomic E-state index is 6.46. The number of hydrogen-bond donors (Lipinski definition) is 1. The van der Waals surface area contributed by atoms with Gasteiger partial charge in [-0.3, -0.25) is 4.90 Å². The average Bonchev–Trinajstić information content (AvgIpc) is 3.12. The molecule has 0 atom stereocenters. The molecule has 0 amide bonds. The van der Waals surface area contributed by atoms with Gasteiger partial charge in [0.25, 0.3) is 0 Å². The molecule has 2 aliphatic heterocycles. The van der Waals surface area contributed by atoms with Gasteiger partial charge in [0.1, 0.15) is 19.0 Å². The van der Waals surface area contributed by atoms with Crippen LogP contribution in [0.2, 0.25) is 0 Å². The molecule has 7 nitrogen and oxygen atoms in total. The van der Waals surface area contributed by atoms with E-state index in [9.17, 15) is 0 Å². The first-order valence-corrected chi connectivity index (χ1v) is 16.7. The molecular formula is C39H43N5O2. The van der Waals surface area contributed by atoms with Gasteiger partial charge in [-0.05, 0) is 54.9 Å². The summed E-state index contributed by atoms with van der Waals surface area (Å²) in [5, 5.41) is 4.83. The number of nitrogens with one attached hydrogen (secondary N) is 1. The number of aromatic nitrogens is 2. The quantitative estimate of drug-likeness (QED) is 0.163. The Bertz CT molecular complexity index is 1690. The van der Waals surface area contributed by atoms with Crippen LogP contribution in [0.4, 0.5) is 11.8 Å². The molecule has 4 aromatic carbocycles. The molecule has 3 heterocycles. The fourth-order valence-corrected chi connectivity index (χ4v) is 6.44. The Balaban J connectivity index is 1.18. The lowest BCUT2D eigenvalue weighted by molar-refractivity contribution is 0.211. The van der Waals surface area contributed by atoms with Gasteiger partial charge in [0.2, 0.25) is 5.95 Å². The number of ether oxygens (including phenoxy) is 2. The summed E-state index contributed by atoms with van der Waals surface area (Å²) in [6.45, 7) is 5.97. The van der Waals surface area contributed by atoms with E-state index in [0.717, 1.165) is 79.4 Å². The Morgan fingerprint density at radius 2 is 1.20 bits per heavy atom. The van der Waals surface area contributed by atoms with Crippen LogP contribution in [0.5, 0.6) is 11.5 Å². The zero-order chi connectivity index (χ0) is 31.0. The molecule has 0 saturated carbocycles. The number of anilines is 2. The number of likely N-dealkylation sites (tertiary alicyclic amines) is 1. The second-order valence-electron chi connectivity index (χ2n) is 12.5. The minimum absolute atomic E-state index is 0.335. The summed E-state index contributed by atoms with van der Waals surface area (Å²) in [5.41, 5.74) is 4.45. The lowest BCUT2D eigenvalue weighted by Gasteiger charge is -2.33. The van der Waals surface area contributed by atoms with E-state index in [1.165, 1.54) is 24.8 Å². The highest BCUT2D eigenvalue weighted by Gasteiger charge is 2.23. The van der Waals surface area contributed by atoms with E-state index < -0.39 is 0 Å². The van der Waals surface area contributed by atoms with E-state index >= 15 is 0 Å². The van der Waals surface area contributed by atoms with Crippen LogP contribution in [0.25, 0.3) is 10.9 Å². The molecular weight excluding hydrogens is 570 g/mol. The van der Waals surface area contributed by atoms with Crippen LogP contribution in [-0.2, 0) is 19.8 Å². The Kier molecular flexibility index (Phi) is 9.57. The zero-order valence-electron chi connectivity index (χ0n) is 26.5. The van der Waals surface area contributed by atoms with Gasteiger partial charge >= 0.3 is 0 Å². The summed E-state index contributed by atoms with van der Waals surface area (Å²) in [6.07, 6.45) is 5.72. The van der Waals surface area contributed by atoms with Crippen LogP contribution in [0.3, 0.4) is 0 Å². The standard InChI is InChI=1S/C39H43N5O2/c1-5-13-30(14-6-1)27-43-23-19-33(20-24-43)40-38-34-25-36(45-28-31-15-7-2-8-16-31)37(46-29-32-17-9-3-10-18-32)26-35(34)41-39(42-38)44-21-11-4-12-22-44/h1-3,5-10,13-18,25-26,33H,4,11-12,19-24,27-29H2,(H,40,41,42). The lowest BCUT2D eigenvalue weighted by atomic mass is 10.0. The molecule has 7 heteroatoms. The third-order valence-electron chi connectivity index (χ3n) is 9.04. The van der Waals surface area contributed by atoms with Crippen molar-refractivity contribution in [3.63, 3.8) is 0 Å². The van der Waals surface area contributed by atoms with E-state index in [1.807, 2.05) is 42.5 Å². The number of benzene rings is 4. The molecule has 2 saturated heterocycles. The van der Waals surface area contributed by atoms with Crippen molar-refractivity contribution in [1.82, 2.24) is 14.9 Å². The van der Waals surface area contributed by atoms with Gasteiger partial charge in [-0.15, -0.1) is 0 Å². The fraction of sp³-hybridized carbons (Fsp3) is 0.333. The minimum atomic E-state index is 0.335. The Hall–Kier alpha value is -4.62. The molecule has 0 radical (unpaired) electrons. The van der Waals surface area contributed by atoms with Crippen LogP contribution in [0.1, 0.15) is 48.8 Å². The maximum atomic E-state index is 6.46. The molecule has 0 bridgehead atoms. The number of hydrogen-bond acceptors (Lipinski definition) is 7. The predicted molar refractivity (Wildman–Crippen MR) is 186 cm³/mol. The first-order chi connectivity index (χ1) is 22.8. The van der Waals surface area contributed by atoms with Crippen molar-refractivity contribution >= 4 is 22.7 Å². The van der Waals surface area contributed by atoms with Crippen molar-refractivity contribution in [1.29, 1.82) is 0 Å². The van der Waals surface area contributed by atoms with Crippen LogP contribution in [0.15, 0.2) is 103 Å². The summed E-state index contributed by atoms with van der Waals surface area (Å²) in [4.78, 5) is 15.2. The largest absolute Gasteiger partial charge is 0.485 e. The molecule has 0 aliphatic carbocycles. The number of piperidine rings is 2. The van der Waals surface area contributed by atoms with Gasteiger partial charge in [-0.2, -0.15) is 4.98 Å². The molecule has 2 aliphatic rings. The second kappa shape index (κ2) is 14.6. The van der Waals surface area contributed by atoms with Crippen molar-refractivity contribution in [2.24, 2.45) is 0 Å². The van der Waals surface area contributed by atoms with Crippen LogP contribution < -0.4 is 19.7 Å². The average molecular weight is 614 g/mol. The highest BCUT2D eigenvalue weighted by atomic mass is 16.5. The molecule has 0 spiro atoms. The van der Waals surface area contributed by atoms with Gasteiger partial charge in [0.15, 0.2) is 11.5 Å². The Morgan fingerprint density at radius 3 is 1.80 bits per heavy atom. The molecule has 2 fully saturated rings. The monoisotopic (exact) mass is 613 g/mol. The molecule has 46 heavy (non-hydrogen) atoms. The van der Waals surface area contributed by atoms with Gasteiger partial charge in [-0.1, -0.05) is 91.0 Å². The first kappa shape index (κ1) is 30.1. The van der Waals surface area contributed by atoms with Crippen LogP contribution in [0, 0.1) is 0 Å². The van der Waals surface area contributed by atoms with E-state index in [1.54, 1.807) is 0 Å². The number of nitrogens with zero attached hydrogens (tertiary/aromatic N) is 4. The van der Waals surface area contributed by atoms with Gasteiger partial charge in [-0.25, -0.2) is 4.98 Å². The Morgan fingerprint density at radius 1 is 0.630 bits per heavy atom. The summed E-state index contributed by atoms with van der Waals surface area (Å²) >= 11 is 0. The number of rotatable bonds is 11. The second-order valence-corrected chi connectivity index (χ2v) is 12.5. The molecule has 7 rings (SSSR count). The normalized spacial score (nSPS) is 16.0. The topological polar surface area (TPSA) is 62.8 Å². The van der Waals surface area contributed by atoms with E-state index in [4.69, 9.17) is 19.4 Å². The third-order valence-corrected chi connectivity index (χ3v) is 9.04. The maximum Gasteiger partial charge on any atom is 0.227 e. The highest BCUT2D eigenvalue weighted by molar-refractivity contribution is 5.93. The van der Waals surface area contributed by atoms with E-state index in [-0.39, 0.29) is 0 Å². The fourth-order valence-electron chi connectivity index (χ4n) is 6.44. The van der Waals surface area contributed by atoms with E-state index in [2.05, 4.69) is 75.8 Å². The SMILES string of the molecule is c1ccc(COc2cc3nc(N4CCCCC4)nc(NC4CCN(Cc5ccccc5)CC4)c3cc2OCc2ccccc2)cc1. The lowest BCUT2D eigenvalue weighted by Crippen LogP contribution is -2.39. The van der Waals surface area contributed by atoms with Gasteiger partial charge in [0.05, 0.1) is 5.52 Å². The molecule has 1 N–H and O–H groups in total. The van der Waals surface area contributed by atoms with E-state index in [0.29, 0.717) is 30.8 Å². The third kappa shape index (κ3) is 7.60. The highest BCUT2D eigenvalue weighted by Crippen LogP contribution is 2.37. The summed E-state index contributed by atoms with van der Waals surface area (Å²) in [6, 6.07) is 35.7. The summed E-state index contributed by atoms with van der Waals surface area (Å²) in [5.74, 6) is 3.06. The molecule has 0 unspecified atom stereocenters. The number of fused-ring (bicyclic) bond motifs is 1. The summed E-state index contributed by atoms with van der Waals surface area (Å²) in [7, 11) is 0.